The number of carbonyl (C=O) groups excluding carboxylic acids is 1. The smallest absolute Gasteiger partial charge is 0.200 e. The highest BCUT2D eigenvalue weighted by Gasteiger charge is 2.17. The van der Waals surface area contributed by atoms with E-state index in [0.717, 1.165) is 11.1 Å². The Balaban J connectivity index is 2.06. The van der Waals surface area contributed by atoms with Gasteiger partial charge in [-0.1, -0.05) is 43.3 Å². The van der Waals surface area contributed by atoms with Crippen LogP contribution in [0.15, 0.2) is 77.4 Å². The van der Waals surface area contributed by atoms with E-state index >= 15 is 0 Å². The number of aryl methyl sites for hydroxylation is 2. The summed E-state index contributed by atoms with van der Waals surface area (Å²) in [5.41, 5.74) is 9.91. The number of hydrogen-bond acceptors (Lipinski definition) is 4. The maximum absolute atomic E-state index is 13.2. The van der Waals surface area contributed by atoms with Gasteiger partial charge in [0.05, 0.1) is 17.6 Å². The molecule has 5 heteroatoms. The van der Waals surface area contributed by atoms with Crippen LogP contribution in [0.5, 0.6) is 0 Å². The Kier molecular flexibility index (Phi) is 6.88. The predicted octanol–water partition coefficient (Wildman–Crippen LogP) is 3.88. The number of aliphatic hydroxyl groups is 1. The summed E-state index contributed by atoms with van der Waals surface area (Å²) in [5, 5.41) is 9.60. The molecule has 0 spiro atoms. The van der Waals surface area contributed by atoms with Gasteiger partial charge in [-0.25, -0.2) is 0 Å². The molecule has 3 aromatic rings. The van der Waals surface area contributed by atoms with Gasteiger partial charge in [0.15, 0.2) is 5.78 Å². The minimum absolute atomic E-state index is 0.0412. The Morgan fingerprint density at radius 2 is 1.90 bits per heavy atom. The fourth-order valence-electron chi connectivity index (χ4n) is 3.36. The lowest BCUT2D eigenvalue weighted by molar-refractivity contribution is 0.103. The van der Waals surface area contributed by atoms with Gasteiger partial charge in [-0.3, -0.25) is 9.59 Å². The molecule has 0 bridgehead atoms. The minimum atomic E-state index is -0.299. The number of aliphatic hydroxyl groups excluding tert-OH is 1. The molecule has 0 fully saturated rings. The van der Waals surface area contributed by atoms with E-state index in [1.807, 2.05) is 61.8 Å². The number of carbonyl (C=O) groups is 1. The third kappa shape index (κ3) is 5.01. The zero-order valence-electron chi connectivity index (χ0n) is 18.1. The summed E-state index contributed by atoms with van der Waals surface area (Å²) < 4.78 is 1.83. The summed E-state index contributed by atoms with van der Waals surface area (Å²) in [4.78, 5) is 26.3. The number of allylic oxidation sites excluding steroid dienone is 3. The molecule has 0 aliphatic carbocycles. The van der Waals surface area contributed by atoms with E-state index < -0.39 is 0 Å². The molecule has 160 valence electrons. The molecule has 1 aromatic heterocycles. The quantitative estimate of drug-likeness (QED) is 0.452. The van der Waals surface area contributed by atoms with Crippen molar-refractivity contribution >= 4 is 16.7 Å². The van der Waals surface area contributed by atoms with Crippen LogP contribution in [0.2, 0.25) is 0 Å². The number of hydrogen-bond donors (Lipinski definition) is 2. The largest absolute Gasteiger partial charge is 0.401 e. The van der Waals surface area contributed by atoms with Crippen molar-refractivity contribution in [2.75, 3.05) is 6.61 Å². The lowest BCUT2D eigenvalue weighted by atomic mass is 9.99. The van der Waals surface area contributed by atoms with Crippen molar-refractivity contribution in [2.45, 2.75) is 27.3 Å². The second-order valence-corrected chi connectivity index (χ2v) is 7.93. The fraction of sp³-hybridized carbons (Fsp3) is 0.231. The van der Waals surface area contributed by atoms with Crippen LogP contribution in [-0.4, -0.2) is 22.1 Å². The van der Waals surface area contributed by atoms with Crippen LogP contribution in [0.4, 0.5) is 0 Å². The summed E-state index contributed by atoms with van der Waals surface area (Å²) in [7, 11) is 0. The predicted molar refractivity (Wildman–Crippen MR) is 125 cm³/mol. The number of ketones is 1. The second-order valence-electron chi connectivity index (χ2n) is 7.93. The Labute approximate surface area is 182 Å². The molecule has 3 N–H and O–H groups in total. The average molecular weight is 417 g/mol. The van der Waals surface area contributed by atoms with Crippen molar-refractivity contribution in [1.82, 2.24) is 4.57 Å². The van der Waals surface area contributed by atoms with E-state index in [9.17, 15) is 9.59 Å². The highest BCUT2D eigenvalue weighted by Crippen LogP contribution is 2.17. The van der Waals surface area contributed by atoms with Crippen LogP contribution in [0, 0.1) is 19.8 Å². The van der Waals surface area contributed by atoms with Crippen LogP contribution in [0.25, 0.3) is 10.9 Å². The molecule has 2 aromatic carbocycles. The molecule has 3 rings (SSSR count). The first kappa shape index (κ1) is 22.2. The minimum Gasteiger partial charge on any atom is -0.401 e. The van der Waals surface area contributed by atoms with Crippen LogP contribution < -0.4 is 11.2 Å². The van der Waals surface area contributed by atoms with Gasteiger partial charge in [0.2, 0.25) is 5.43 Å². The fourth-order valence-corrected chi connectivity index (χ4v) is 3.36. The van der Waals surface area contributed by atoms with Crippen molar-refractivity contribution in [3.05, 3.63) is 105 Å². The molecule has 5 nitrogen and oxygen atoms in total. The zero-order chi connectivity index (χ0) is 22.5. The number of nitrogens with zero attached hydrogens (tertiary/aromatic N) is 1. The third-order valence-electron chi connectivity index (χ3n) is 5.39. The molecular formula is C26H28N2O3. The molecule has 0 aliphatic heterocycles. The highest BCUT2D eigenvalue weighted by molar-refractivity contribution is 6.10. The summed E-state index contributed by atoms with van der Waals surface area (Å²) in [6.07, 6.45) is 7.04. The van der Waals surface area contributed by atoms with Gasteiger partial charge < -0.3 is 15.4 Å². The van der Waals surface area contributed by atoms with E-state index in [1.165, 1.54) is 0 Å². The van der Waals surface area contributed by atoms with Crippen molar-refractivity contribution in [3.63, 3.8) is 0 Å². The third-order valence-corrected chi connectivity index (χ3v) is 5.39. The van der Waals surface area contributed by atoms with Crippen molar-refractivity contribution in [3.8, 4) is 0 Å². The molecule has 1 heterocycles. The van der Waals surface area contributed by atoms with Crippen molar-refractivity contribution in [1.29, 1.82) is 0 Å². The maximum atomic E-state index is 13.2. The maximum Gasteiger partial charge on any atom is 0.200 e. The summed E-state index contributed by atoms with van der Waals surface area (Å²) in [6.45, 7) is 6.23. The average Bonchev–Trinajstić information content (AvgIpc) is 2.77. The first-order valence-electron chi connectivity index (χ1n) is 10.3. The highest BCUT2D eigenvalue weighted by atomic mass is 16.3. The second kappa shape index (κ2) is 9.58. The summed E-state index contributed by atoms with van der Waals surface area (Å²) in [5.74, 6) is -0.258. The lowest BCUT2D eigenvalue weighted by Crippen LogP contribution is -2.21. The van der Waals surface area contributed by atoms with Crippen LogP contribution in [0.1, 0.15) is 34.0 Å². The summed E-state index contributed by atoms with van der Waals surface area (Å²) in [6, 6.07) is 12.7. The van der Waals surface area contributed by atoms with Crippen LogP contribution in [0.3, 0.4) is 0 Å². The number of para-hydroxylation sites is 1. The Morgan fingerprint density at radius 3 is 2.61 bits per heavy atom. The normalized spacial score (nSPS) is 13.1. The van der Waals surface area contributed by atoms with Crippen molar-refractivity contribution in [2.24, 2.45) is 11.7 Å². The number of nitrogens with two attached hydrogens (primary N) is 1. The Hall–Kier alpha value is -3.44. The first-order chi connectivity index (χ1) is 14.8. The van der Waals surface area contributed by atoms with Gasteiger partial charge in [0, 0.05) is 29.5 Å². The number of pyridine rings is 1. The van der Waals surface area contributed by atoms with E-state index in [0.29, 0.717) is 28.7 Å². The van der Waals surface area contributed by atoms with E-state index in [4.69, 9.17) is 10.8 Å². The van der Waals surface area contributed by atoms with Gasteiger partial charge >= 0.3 is 0 Å². The first-order valence-corrected chi connectivity index (χ1v) is 10.3. The van der Waals surface area contributed by atoms with E-state index in [1.54, 1.807) is 30.5 Å². The van der Waals surface area contributed by atoms with Gasteiger partial charge in [-0.05, 0) is 55.2 Å². The molecule has 0 saturated heterocycles. The van der Waals surface area contributed by atoms with E-state index in [2.05, 4.69) is 0 Å². The molecule has 0 amide bonds. The van der Waals surface area contributed by atoms with Crippen molar-refractivity contribution < 1.29 is 9.90 Å². The van der Waals surface area contributed by atoms with Gasteiger partial charge in [0.1, 0.15) is 0 Å². The van der Waals surface area contributed by atoms with Crippen LogP contribution >= 0.6 is 0 Å². The number of benzene rings is 2. The number of fused-ring (bicyclic) bond motifs is 1. The zero-order valence-corrected chi connectivity index (χ0v) is 18.1. The van der Waals surface area contributed by atoms with Gasteiger partial charge in [0.25, 0.3) is 0 Å². The SMILES string of the molecule is Cc1ccc(C(=O)c2cn(C/C(N)=C/C=C\C(C)CO)c3ccccc3c2=O)cc1C. The topological polar surface area (TPSA) is 85.3 Å². The lowest BCUT2D eigenvalue weighted by Gasteiger charge is -2.14. The molecule has 1 atom stereocenters. The van der Waals surface area contributed by atoms with Gasteiger partial charge in [-0.2, -0.15) is 0 Å². The number of rotatable bonds is 7. The van der Waals surface area contributed by atoms with Gasteiger partial charge in [-0.15, -0.1) is 0 Å². The van der Waals surface area contributed by atoms with Crippen LogP contribution in [-0.2, 0) is 6.54 Å². The molecule has 0 radical (unpaired) electrons. The molecule has 0 aliphatic rings. The molecular weight excluding hydrogens is 388 g/mol. The molecule has 0 saturated carbocycles. The summed E-state index contributed by atoms with van der Waals surface area (Å²) >= 11 is 0. The molecule has 1 unspecified atom stereocenters. The van der Waals surface area contributed by atoms with E-state index in [-0.39, 0.29) is 29.3 Å². The molecule has 31 heavy (non-hydrogen) atoms. The Morgan fingerprint density at radius 1 is 1.16 bits per heavy atom. The number of aromatic nitrogens is 1. The monoisotopic (exact) mass is 416 g/mol. The Bertz CT molecular complexity index is 1240. The standard InChI is InChI=1S/C26H28N2O3/c1-17(16-29)7-6-8-21(27)14-28-15-23(26(31)22-9-4-5-10-24(22)28)25(30)20-12-11-18(2)19(3)13-20/h4-13,15,17,29H,14,16,27H2,1-3H3/b7-6-,21-8-.